The molecule has 0 amide bonds. The van der Waals surface area contributed by atoms with E-state index in [1.54, 1.807) is 0 Å². The normalized spacial score (nSPS) is 11.2. The molecule has 0 aromatic carbocycles. The van der Waals surface area contributed by atoms with Crippen LogP contribution in [-0.4, -0.2) is 24.2 Å². The Kier molecular flexibility index (Phi) is 17.7. The molecule has 0 aliphatic rings. The number of hydrogen-bond acceptors (Lipinski definition) is 0. The molecule has 0 aliphatic carbocycles. The quantitative estimate of drug-likeness (QED) is 0.392. The van der Waals surface area contributed by atoms with E-state index in [1.807, 2.05) is 0 Å². The maximum Gasteiger partial charge on any atom is 3.00 e. The first-order chi connectivity index (χ1) is 6.00. The largest absolute Gasteiger partial charge is 3.00 e. The van der Waals surface area contributed by atoms with Crippen LogP contribution in [0.15, 0.2) is 0 Å². The summed E-state index contributed by atoms with van der Waals surface area (Å²) in [6.45, 7) is 31.7. The summed E-state index contributed by atoms with van der Waals surface area (Å²) in [5.74, 6) is 0. The Morgan fingerprint density at radius 1 is 0.438 bits per heavy atom. The molecule has 0 saturated carbocycles. The van der Waals surface area contributed by atoms with Crippen LogP contribution in [0.5, 0.6) is 0 Å². The van der Waals surface area contributed by atoms with E-state index >= 15 is 0 Å². The van der Waals surface area contributed by atoms with Gasteiger partial charge in [-0.25, -0.2) is 0 Å². The van der Waals surface area contributed by atoms with Crippen molar-refractivity contribution in [2.45, 2.75) is 58.9 Å². The fourth-order valence-corrected chi connectivity index (χ4v) is 0. The summed E-state index contributed by atoms with van der Waals surface area (Å²) < 4.78 is 0. The van der Waals surface area contributed by atoms with Gasteiger partial charge in [-0.05, 0) is 0 Å². The summed E-state index contributed by atoms with van der Waals surface area (Å²) in [6, 6.07) is 0. The van der Waals surface area contributed by atoms with Crippen molar-refractivity contribution in [3.63, 3.8) is 0 Å². The predicted molar refractivity (Wildman–Crippen MR) is 86.1 cm³/mol. The van der Waals surface area contributed by atoms with Crippen LogP contribution >= 0.6 is 0 Å². The SMILES string of the molecule is [CH2-][Si](C)(C)C.[CH2-][Si](C)(C)C.[CH2-][Si](C)(C)C.[La+3]. The van der Waals surface area contributed by atoms with Gasteiger partial charge >= 0.3 is 35.6 Å². The van der Waals surface area contributed by atoms with Crippen LogP contribution in [0.4, 0.5) is 0 Å². The zero-order valence-corrected chi connectivity index (χ0v) is 19.8. The average Bonchev–Trinajstić information content (AvgIpc) is 1.41. The molecule has 0 unspecified atom stereocenters. The van der Waals surface area contributed by atoms with Crippen LogP contribution in [0.25, 0.3) is 0 Å². The van der Waals surface area contributed by atoms with Crippen molar-refractivity contribution in [3.8, 4) is 0 Å². The molecular formula is C12H33LaSi3. The van der Waals surface area contributed by atoms with E-state index in [0.717, 1.165) is 0 Å². The molecule has 4 heteroatoms. The van der Waals surface area contributed by atoms with E-state index in [1.165, 1.54) is 0 Å². The van der Waals surface area contributed by atoms with Gasteiger partial charge in [-0.15, -0.1) is 24.2 Å². The minimum atomic E-state index is -0.861. The molecule has 0 rings (SSSR count). The van der Waals surface area contributed by atoms with Gasteiger partial charge in [-0.2, -0.15) is 0 Å². The van der Waals surface area contributed by atoms with Crippen LogP contribution in [0, 0.1) is 55.2 Å². The molecule has 16 heavy (non-hydrogen) atoms. The summed E-state index contributed by atoms with van der Waals surface area (Å²) in [6.07, 6.45) is 0. The monoisotopic (exact) mass is 400 g/mol. The van der Waals surface area contributed by atoms with Crippen LogP contribution in [0.1, 0.15) is 0 Å². The fourth-order valence-electron chi connectivity index (χ4n) is 0. The van der Waals surface area contributed by atoms with Crippen molar-refractivity contribution in [1.82, 2.24) is 0 Å². The smallest absolute Gasteiger partial charge is 0.342 e. The fraction of sp³-hybridized carbons (Fsp3) is 0.750. The molecule has 0 radical (unpaired) electrons. The van der Waals surface area contributed by atoms with Crippen molar-refractivity contribution in [3.05, 3.63) is 19.6 Å². The summed E-state index contributed by atoms with van der Waals surface area (Å²) in [5.41, 5.74) is 0. The topological polar surface area (TPSA) is 0 Å². The minimum absolute atomic E-state index is 0. The molecule has 0 nitrogen and oxygen atoms in total. The van der Waals surface area contributed by atoms with Gasteiger partial charge in [0.15, 0.2) is 0 Å². The molecule has 0 spiro atoms. The van der Waals surface area contributed by atoms with Gasteiger partial charge in [0, 0.05) is 0 Å². The third-order valence-corrected chi connectivity index (χ3v) is 0. The first-order valence-corrected chi connectivity index (χ1v) is 16.7. The molecular weight excluding hydrogens is 367 g/mol. The van der Waals surface area contributed by atoms with Gasteiger partial charge in [0.1, 0.15) is 0 Å². The van der Waals surface area contributed by atoms with Crippen molar-refractivity contribution in [2.75, 3.05) is 0 Å². The molecule has 0 N–H and O–H groups in total. The molecule has 0 aromatic heterocycles. The zero-order valence-electron chi connectivity index (χ0n) is 13.2. The standard InChI is InChI=1S/3C4H11Si.La/c3*1-5(2,3)4;/h3*1H2,2-4H3;/q3*-1;+3. The number of rotatable bonds is 0. The second-order valence-electron chi connectivity index (χ2n) is 7.68. The average molecular weight is 401 g/mol. The van der Waals surface area contributed by atoms with Crippen LogP contribution in [0.3, 0.4) is 0 Å². The van der Waals surface area contributed by atoms with E-state index in [0.29, 0.717) is 0 Å². The van der Waals surface area contributed by atoms with E-state index in [2.05, 4.69) is 78.6 Å². The predicted octanol–water partition coefficient (Wildman–Crippen LogP) is 5.09. The molecule has 0 bridgehead atoms. The molecule has 96 valence electrons. The Bertz CT molecular complexity index is 91.3. The summed E-state index contributed by atoms with van der Waals surface area (Å²) in [5, 5.41) is 0. The first kappa shape index (κ1) is 26.4. The zero-order chi connectivity index (χ0) is 13.5. The van der Waals surface area contributed by atoms with Crippen molar-refractivity contribution >= 4 is 24.2 Å². The first-order valence-electron chi connectivity index (χ1n) is 5.56. The molecule has 0 aromatic rings. The Hall–Kier alpha value is 1.85. The Balaban J connectivity index is -0.0000000655. The van der Waals surface area contributed by atoms with Crippen molar-refractivity contribution in [2.24, 2.45) is 0 Å². The molecule has 0 aliphatic heterocycles. The summed E-state index contributed by atoms with van der Waals surface area (Å²) in [4.78, 5) is 0. The van der Waals surface area contributed by atoms with Gasteiger partial charge < -0.3 is 19.6 Å². The van der Waals surface area contributed by atoms with Gasteiger partial charge in [0.05, 0.1) is 0 Å². The van der Waals surface area contributed by atoms with E-state index in [9.17, 15) is 0 Å². The van der Waals surface area contributed by atoms with Crippen molar-refractivity contribution < 1.29 is 35.6 Å². The van der Waals surface area contributed by atoms with E-state index in [-0.39, 0.29) is 35.6 Å². The Morgan fingerprint density at radius 3 is 0.438 bits per heavy atom. The van der Waals surface area contributed by atoms with Crippen LogP contribution in [0.2, 0.25) is 58.9 Å². The van der Waals surface area contributed by atoms with Crippen LogP contribution in [-0.2, 0) is 0 Å². The van der Waals surface area contributed by atoms with Gasteiger partial charge in [-0.1, -0.05) is 58.9 Å². The molecule has 0 atom stereocenters. The third kappa shape index (κ3) is 1030. The van der Waals surface area contributed by atoms with E-state index in [4.69, 9.17) is 0 Å². The number of hydrogen-bond donors (Lipinski definition) is 0. The van der Waals surface area contributed by atoms with Gasteiger partial charge in [0.25, 0.3) is 0 Å². The van der Waals surface area contributed by atoms with Crippen molar-refractivity contribution in [1.29, 1.82) is 0 Å². The van der Waals surface area contributed by atoms with Gasteiger partial charge in [0.2, 0.25) is 0 Å². The Morgan fingerprint density at radius 2 is 0.438 bits per heavy atom. The maximum atomic E-state index is 3.91. The Labute approximate surface area is 137 Å². The minimum Gasteiger partial charge on any atom is -0.342 e. The molecule has 0 fully saturated rings. The second kappa shape index (κ2) is 10.7. The summed E-state index contributed by atoms with van der Waals surface area (Å²) >= 11 is 0. The third-order valence-electron chi connectivity index (χ3n) is 0. The van der Waals surface area contributed by atoms with Crippen LogP contribution < -0.4 is 0 Å². The van der Waals surface area contributed by atoms with E-state index < -0.39 is 24.2 Å². The maximum absolute atomic E-state index is 3.91. The second-order valence-corrected chi connectivity index (χ2v) is 23.0. The van der Waals surface area contributed by atoms with Gasteiger partial charge in [-0.3, -0.25) is 0 Å². The summed E-state index contributed by atoms with van der Waals surface area (Å²) in [7, 11) is -2.58. The molecule has 0 saturated heterocycles. The molecule has 0 heterocycles.